The highest BCUT2D eigenvalue weighted by molar-refractivity contribution is 7.07. The van der Waals surface area contributed by atoms with Crippen LogP contribution in [0.5, 0.6) is 0 Å². The molecule has 3 rings (SSSR count). The Hall–Kier alpha value is -0.740. The molecule has 1 aliphatic heterocycles. The van der Waals surface area contributed by atoms with Crippen molar-refractivity contribution in [1.82, 2.24) is 10.3 Å². The Morgan fingerprint density at radius 1 is 1.56 bits per heavy atom. The fraction of sp³-hybridized carbons (Fsp3) is 0.667. The fourth-order valence-corrected chi connectivity index (χ4v) is 3.74. The Labute approximate surface area is 99.3 Å². The van der Waals surface area contributed by atoms with Crippen molar-refractivity contribution in [1.29, 1.82) is 0 Å². The Balaban J connectivity index is 1.65. The topological polar surface area (TPSA) is 42.0 Å². The summed E-state index contributed by atoms with van der Waals surface area (Å²) in [6.07, 6.45) is 4.62. The maximum atomic E-state index is 12.0. The molecule has 3 atom stereocenters. The number of aromatic nitrogens is 1. The van der Waals surface area contributed by atoms with E-state index in [-0.39, 0.29) is 5.78 Å². The molecule has 0 amide bonds. The molecule has 2 fully saturated rings. The number of nitrogens with zero attached hydrogens (tertiary/aromatic N) is 1. The van der Waals surface area contributed by atoms with Crippen LogP contribution < -0.4 is 5.32 Å². The van der Waals surface area contributed by atoms with Crippen LogP contribution in [0, 0.1) is 11.8 Å². The van der Waals surface area contributed by atoms with Crippen LogP contribution in [0.25, 0.3) is 0 Å². The highest BCUT2D eigenvalue weighted by Crippen LogP contribution is 2.38. The summed E-state index contributed by atoms with van der Waals surface area (Å²) in [5.74, 6) is 1.77. The summed E-state index contributed by atoms with van der Waals surface area (Å²) >= 11 is 1.49. The molecule has 0 aromatic carbocycles. The molecule has 1 saturated carbocycles. The lowest BCUT2D eigenvalue weighted by molar-refractivity contribution is 0.0959. The highest BCUT2D eigenvalue weighted by atomic mass is 32.1. The van der Waals surface area contributed by atoms with Crippen LogP contribution >= 0.6 is 11.3 Å². The number of carbonyl (C=O) groups excluding carboxylic acids is 1. The Morgan fingerprint density at radius 3 is 3.31 bits per heavy atom. The molecule has 86 valence electrons. The minimum absolute atomic E-state index is 0.200. The maximum Gasteiger partial charge on any atom is 0.183 e. The number of hydrogen-bond acceptors (Lipinski definition) is 4. The summed E-state index contributed by atoms with van der Waals surface area (Å²) in [7, 11) is 0. The van der Waals surface area contributed by atoms with E-state index in [1.54, 1.807) is 5.51 Å². The van der Waals surface area contributed by atoms with E-state index in [1.807, 2.05) is 5.38 Å². The summed E-state index contributed by atoms with van der Waals surface area (Å²) in [6.45, 7) is 1.11. The fourth-order valence-electron chi connectivity index (χ4n) is 3.18. The molecule has 0 spiro atoms. The molecule has 0 radical (unpaired) electrons. The molecule has 2 aliphatic rings. The Morgan fingerprint density at radius 2 is 2.50 bits per heavy atom. The average Bonchev–Trinajstić information content (AvgIpc) is 2.94. The van der Waals surface area contributed by atoms with Gasteiger partial charge in [0.15, 0.2) is 5.78 Å². The van der Waals surface area contributed by atoms with Crippen LogP contribution in [0.1, 0.15) is 36.2 Å². The molecule has 1 aromatic rings. The first kappa shape index (κ1) is 10.4. The molecule has 3 unspecified atom stereocenters. The van der Waals surface area contributed by atoms with Crippen LogP contribution in [0.3, 0.4) is 0 Å². The molecule has 0 bridgehead atoms. The molecule has 4 heteroatoms. The van der Waals surface area contributed by atoms with E-state index in [0.717, 1.165) is 18.4 Å². The van der Waals surface area contributed by atoms with Crippen molar-refractivity contribution in [2.75, 3.05) is 6.54 Å². The number of Topliss-reactive ketones (excluding diaryl/α,β-unsaturated/α-hetero) is 1. The van der Waals surface area contributed by atoms with Crippen LogP contribution in [0.2, 0.25) is 0 Å². The lowest BCUT2D eigenvalue weighted by atomic mass is 9.91. The van der Waals surface area contributed by atoms with E-state index in [1.165, 1.54) is 30.6 Å². The number of rotatable bonds is 3. The number of thiazole rings is 1. The van der Waals surface area contributed by atoms with E-state index >= 15 is 0 Å². The minimum Gasteiger partial charge on any atom is -0.313 e. The molecular formula is C12H16N2OS. The zero-order chi connectivity index (χ0) is 11.0. The summed E-state index contributed by atoms with van der Waals surface area (Å²) < 4.78 is 0. The van der Waals surface area contributed by atoms with Gasteiger partial charge in [0.25, 0.3) is 0 Å². The largest absolute Gasteiger partial charge is 0.313 e. The molecule has 3 nitrogen and oxygen atoms in total. The van der Waals surface area contributed by atoms with Gasteiger partial charge < -0.3 is 5.32 Å². The van der Waals surface area contributed by atoms with Gasteiger partial charge in [0.05, 0.1) is 5.51 Å². The van der Waals surface area contributed by atoms with Gasteiger partial charge >= 0.3 is 0 Å². The van der Waals surface area contributed by atoms with Crippen molar-refractivity contribution in [3.05, 3.63) is 16.6 Å². The van der Waals surface area contributed by atoms with E-state index in [2.05, 4.69) is 10.3 Å². The second-order valence-electron chi connectivity index (χ2n) is 4.87. The normalized spacial score (nSPS) is 32.9. The summed E-state index contributed by atoms with van der Waals surface area (Å²) in [5.41, 5.74) is 2.38. The molecule has 1 aromatic heterocycles. The van der Waals surface area contributed by atoms with Crippen molar-refractivity contribution in [2.45, 2.75) is 31.7 Å². The predicted molar refractivity (Wildman–Crippen MR) is 63.7 cm³/mol. The summed E-state index contributed by atoms with van der Waals surface area (Å²) in [4.78, 5) is 16.0. The standard InChI is InChI=1S/C12H16N2OS/c15-12(11-6-16-7-14-11)4-10-9-3-1-2-8(9)5-13-10/h6-10,13H,1-5H2. The van der Waals surface area contributed by atoms with Crippen molar-refractivity contribution < 1.29 is 4.79 Å². The minimum atomic E-state index is 0.200. The van der Waals surface area contributed by atoms with Crippen molar-refractivity contribution in [3.63, 3.8) is 0 Å². The molecule has 1 saturated heterocycles. The van der Waals surface area contributed by atoms with Crippen molar-refractivity contribution in [2.24, 2.45) is 11.8 Å². The van der Waals surface area contributed by atoms with Gasteiger partial charge in [-0.05, 0) is 31.2 Å². The average molecular weight is 236 g/mol. The van der Waals surface area contributed by atoms with Crippen LogP contribution in [-0.4, -0.2) is 23.4 Å². The van der Waals surface area contributed by atoms with Crippen molar-refractivity contribution in [3.8, 4) is 0 Å². The summed E-state index contributed by atoms with van der Waals surface area (Å²) in [5, 5.41) is 5.36. The van der Waals surface area contributed by atoms with Gasteiger partial charge in [-0.2, -0.15) is 0 Å². The smallest absolute Gasteiger partial charge is 0.183 e. The molecule has 1 N–H and O–H groups in total. The SMILES string of the molecule is O=C(CC1NCC2CCCC21)c1cscn1. The number of ketones is 1. The first-order valence-electron chi connectivity index (χ1n) is 5.99. The zero-order valence-electron chi connectivity index (χ0n) is 9.19. The quantitative estimate of drug-likeness (QED) is 0.817. The van der Waals surface area contributed by atoms with Gasteiger partial charge in [-0.1, -0.05) is 6.42 Å². The monoisotopic (exact) mass is 236 g/mol. The Kier molecular flexibility index (Phi) is 2.77. The first-order chi connectivity index (χ1) is 7.84. The predicted octanol–water partition coefficient (Wildman–Crippen LogP) is 2.10. The lowest BCUT2D eigenvalue weighted by Crippen LogP contribution is -2.29. The lowest BCUT2D eigenvalue weighted by Gasteiger charge is -2.16. The van der Waals surface area contributed by atoms with Gasteiger partial charge in [-0.3, -0.25) is 4.79 Å². The van der Waals surface area contributed by atoms with Crippen LogP contribution in [0.4, 0.5) is 0 Å². The second kappa shape index (κ2) is 4.26. The molecule has 2 heterocycles. The zero-order valence-corrected chi connectivity index (χ0v) is 10.0. The number of carbonyl (C=O) groups is 1. The number of nitrogens with one attached hydrogen (secondary N) is 1. The molecule has 1 aliphatic carbocycles. The third-order valence-corrected chi connectivity index (χ3v) is 4.59. The van der Waals surface area contributed by atoms with E-state index in [0.29, 0.717) is 18.2 Å². The van der Waals surface area contributed by atoms with Gasteiger partial charge in [-0.25, -0.2) is 4.98 Å². The van der Waals surface area contributed by atoms with E-state index in [9.17, 15) is 4.79 Å². The maximum absolute atomic E-state index is 12.0. The van der Waals surface area contributed by atoms with Crippen molar-refractivity contribution >= 4 is 17.1 Å². The third-order valence-electron chi connectivity index (χ3n) is 4.00. The van der Waals surface area contributed by atoms with E-state index in [4.69, 9.17) is 0 Å². The Bertz CT molecular complexity index is 376. The third kappa shape index (κ3) is 1.80. The van der Waals surface area contributed by atoms with Gasteiger partial charge in [0.2, 0.25) is 0 Å². The van der Waals surface area contributed by atoms with Crippen LogP contribution in [0.15, 0.2) is 10.9 Å². The highest BCUT2D eigenvalue weighted by Gasteiger charge is 2.39. The number of fused-ring (bicyclic) bond motifs is 1. The van der Waals surface area contributed by atoms with Crippen LogP contribution in [-0.2, 0) is 0 Å². The first-order valence-corrected chi connectivity index (χ1v) is 6.93. The second-order valence-corrected chi connectivity index (χ2v) is 5.59. The number of hydrogen-bond donors (Lipinski definition) is 1. The van der Waals surface area contributed by atoms with Gasteiger partial charge in [0, 0.05) is 17.8 Å². The van der Waals surface area contributed by atoms with E-state index < -0.39 is 0 Å². The van der Waals surface area contributed by atoms with Gasteiger partial charge in [0.1, 0.15) is 5.69 Å². The molecule has 16 heavy (non-hydrogen) atoms. The summed E-state index contributed by atoms with van der Waals surface area (Å²) in [6, 6.07) is 0.404. The molecular weight excluding hydrogens is 220 g/mol. The van der Waals surface area contributed by atoms with Gasteiger partial charge in [-0.15, -0.1) is 11.3 Å².